The van der Waals surface area contributed by atoms with Gasteiger partial charge in [-0.2, -0.15) is 5.26 Å². The number of hydrogen-bond acceptors (Lipinski definition) is 5. The highest BCUT2D eigenvalue weighted by atomic mass is 35.5. The first-order valence-corrected chi connectivity index (χ1v) is 8.33. The fourth-order valence-electron chi connectivity index (χ4n) is 1.98. The highest BCUT2D eigenvalue weighted by molar-refractivity contribution is 6.36. The summed E-state index contributed by atoms with van der Waals surface area (Å²) in [5.74, 6) is -1.95. The maximum absolute atomic E-state index is 12.0. The smallest absolute Gasteiger partial charge is 0.325 e. The van der Waals surface area contributed by atoms with E-state index in [1.165, 1.54) is 24.3 Å². The lowest BCUT2D eigenvalue weighted by Crippen LogP contribution is -2.32. The number of hydrogen-bond donors (Lipinski definition) is 2. The standard InChI is InChI=1S/C18H13Cl2N3O4/c19-12-4-5-14(15(20)7-12)18(26)22-9-17(25)27-10-16(24)23-13-3-1-2-11(6-13)8-21/h1-7H,9-10H2,(H,22,26)(H,23,24). The predicted molar refractivity (Wildman–Crippen MR) is 99.5 cm³/mol. The summed E-state index contributed by atoms with van der Waals surface area (Å²) in [4.78, 5) is 35.4. The molecule has 2 rings (SSSR count). The van der Waals surface area contributed by atoms with Crippen molar-refractivity contribution < 1.29 is 19.1 Å². The Kier molecular flexibility index (Phi) is 7.17. The Balaban J connectivity index is 1.77. The van der Waals surface area contributed by atoms with Crippen molar-refractivity contribution in [2.75, 3.05) is 18.5 Å². The molecule has 0 bridgehead atoms. The number of nitrogens with zero attached hydrogens (tertiary/aromatic N) is 1. The molecule has 2 aromatic rings. The molecule has 0 spiro atoms. The van der Waals surface area contributed by atoms with E-state index >= 15 is 0 Å². The van der Waals surface area contributed by atoms with Gasteiger partial charge in [0.2, 0.25) is 0 Å². The summed E-state index contributed by atoms with van der Waals surface area (Å²) >= 11 is 11.7. The minimum atomic E-state index is -0.797. The summed E-state index contributed by atoms with van der Waals surface area (Å²) in [5, 5.41) is 14.2. The van der Waals surface area contributed by atoms with Crippen molar-refractivity contribution in [2.45, 2.75) is 0 Å². The molecule has 0 unspecified atom stereocenters. The number of rotatable bonds is 6. The second-order valence-corrected chi connectivity index (χ2v) is 6.05. The Labute approximate surface area is 164 Å². The van der Waals surface area contributed by atoms with Gasteiger partial charge in [0.25, 0.3) is 11.8 Å². The number of halogens is 2. The van der Waals surface area contributed by atoms with E-state index in [9.17, 15) is 14.4 Å². The van der Waals surface area contributed by atoms with Crippen molar-refractivity contribution in [3.63, 3.8) is 0 Å². The SMILES string of the molecule is N#Cc1cccc(NC(=O)COC(=O)CNC(=O)c2ccc(Cl)cc2Cl)c1. The first-order chi connectivity index (χ1) is 12.9. The van der Waals surface area contributed by atoms with Gasteiger partial charge in [-0.25, -0.2) is 0 Å². The van der Waals surface area contributed by atoms with E-state index in [-0.39, 0.29) is 10.6 Å². The fraction of sp³-hybridized carbons (Fsp3) is 0.111. The van der Waals surface area contributed by atoms with E-state index in [2.05, 4.69) is 10.6 Å². The zero-order chi connectivity index (χ0) is 19.8. The first-order valence-electron chi connectivity index (χ1n) is 7.58. The van der Waals surface area contributed by atoms with Crippen LogP contribution in [0.2, 0.25) is 10.0 Å². The molecular weight excluding hydrogens is 393 g/mol. The number of esters is 1. The molecular formula is C18H13Cl2N3O4. The van der Waals surface area contributed by atoms with Gasteiger partial charge in [0.1, 0.15) is 6.54 Å². The molecule has 2 aromatic carbocycles. The molecule has 138 valence electrons. The van der Waals surface area contributed by atoms with Gasteiger partial charge in [-0.3, -0.25) is 14.4 Å². The number of carbonyl (C=O) groups is 3. The van der Waals surface area contributed by atoms with E-state index in [1.807, 2.05) is 6.07 Å². The van der Waals surface area contributed by atoms with E-state index in [1.54, 1.807) is 18.2 Å². The second kappa shape index (κ2) is 9.57. The largest absolute Gasteiger partial charge is 0.454 e. The average Bonchev–Trinajstić information content (AvgIpc) is 2.64. The summed E-state index contributed by atoms with van der Waals surface area (Å²) in [6, 6.07) is 12.5. The topological polar surface area (TPSA) is 108 Å². The molecule has 7 nitrogen and oxygen atoms in total. The van der Waals surface area contributed by atoms with E-state index in [4.69, 9.17) is 33.2 Å². The van der Waals surface area contributed by atoms with Gasteiger partial charge < -0.3 is 15.4 Å². The highest BCUT2D eigenvalue weighted by Crippen LogP contribution is 2.20. The molecule has 0 heterocycles. The number of benzene rings is 2. The zero-order valence-electron chi connectivity index (χ0n) is 13.8. The van der Waals surface area contributed by atoms with Crippen LogP contribution in [0.4, 0.5) is 5.69 Å². The van der Waals surface area contributed by atoms with E-state index in [0.717, 1.165) is 0 Å². The lowest BCUT2D eigenvalue weighted by atomic mass is 10.2. The number of amides is 2. The van der Waals surface area contributed by atoms with Crippen LogP contribution in [0, 0.1) is 11.3 Å². The molecule has 2 N–H and O–H groups in total. The molecule has 2 amide bonds. The number of anilines is 1. The first kappa shape index (κ1) is 20.2. The van der Waals surface area contributed by atoms with Crippen LogP contribution < -0.4 is 10.6 Å². The fourth-order valence-corrected chi connectivity index (χ4v) is 2.48. The molecule has 0 aliphatic heterocycles. The third kappa shape index (κ3) is 6.29. The van der Waals surface area contributed by atoms with E-state index < -0.39 is 30.9 Å². The molecule has 9 heteroatoms. The molecule has 0 saturated carbocycles. The molecule has 27 heavy (non-hydrogen) atoms. The Morgan fingerprint density at radius 3 is 2.59 bits per heavy atom. The third-order valence-electron chi connectivity index (χ3n) is 3.21. The van der Waals surface area contributed by atoms with Crippen LogP contribution in [0.1, 0.15) is 15.9 Å². The molecule has 0 fully saturated rings. The number of nitriles is 1. The van der Waals surface area contributed by atoms with Gasteiger partial charge in [0.15, 0.2) is 6.61 Å². The normalized spacial score (nSPS) is 9.81. The quantitative estimate of drug-likeness (QED) is 0.718. The van der Waals surface area contributed by atoms with Gasteiger partial charge in [-0.05, 0) is 36.4 Å². The summed E-state index contributed by atoms with van der Waals surface area (Å²) in [7, 11) is 0. The van der Waals surface area contributed by atoms with Crippen LogP contribution in [0.5, 0.6) is 0 Å². The van der Waals surface area contributed by atoms with Gasteiger partial charge in [0.05, 0.1) is 22.2 Å². The summed E-state index contributed by atoms with van der Waals surface area (Å²) in [5.41, 5.74) is 0.943. The summed E-state index contributed by atoms with van der Waals surface area (Å²) in [6.07, 6.45) is 0. The molecule has 0 saturated heterocycles. The van der Waals surface area contributed by atoms with Crippen molar-refractivity contribution in [1.82, 2.24) is 5.32 Å². The van der Waals surface area contributed by atoms with Gasteiger partial charge >= 0.3 is 5.97 Å². The van der Waals surface area contributed by atoms with Crippen molar-refractivity contribution in [2.24, 2.45) is 0 Å². The van der Waals surface area contributed by atoms with Crippen LogP contribution >= 0.6 is 23.2 Å². The Morgan fingerprint density at radius 1 is 1.11 bits per heavy atom. The monoisotopic (exact) mass is 405 g/mol. The van der Waals surface area contributed by atoms with Crippen LogP contribution in [-0.4, -0.2) is 30.9 Å². The van der Waals surface area contributed by atoms with Gasteiger partial charge in [-0.1, -0.05) is 29.3 Å². The predicted octanol–water partition coefficient (Wildman–Crippen LogP) is 2.78. The number of nitrogens with one attached hydrogen (secondary N) is 2. The number of ether oxygens (including phenoxy) is 1. The molecule has 0 atom stereocenters. The van der Waals surface area contributed by atoms with Crippen molar-refractivity contribution >= 4 is 46.7 Å². The van der Waals surface area contributed by atoms with Crippen molar-refractivity contribution in [1.29, 1.82) is 5.26 Å². The minimum absolute atomic E-state index is 0.146. The average molecular weight is 406 g/mol. The molecule has 0 aromatic heterocycles. The Morgan fingerprint density at radius 2 is 1.89 bits per heavy atom. The van der Waals surface area contributed by atoms with Crippen LogP contribution in [0.25, 0.3) is 0 Å². The maximum Gasteiger partial charge on any atom is 0.325 e. The van der Waals surface area contributed by atoms with Crippen molar-refractivity contribution in [3.8, 4) is 6.07 Å². The van der Waals surface area contributed by atoms with Crippen molar-refractivity contribution in [3.05, 3.63) is 63.6 Å². The second-order valence-electron chi connectivity index (χ2n) is 5.21. The maximum atomic E-state index is 12.0. The Bertz CT molecular complexity index is 925. The number of carbonyl (C=O) groups excluding carboxylic acids is 3. The minimum Gasteiger partial charge on any atom is -0.454 e. The molecule has 0 radical (unpaired) electrons. The summed E-state index contributed by atoms with van der Waals surface area (Å²) < 4.78 is 4.78. The van der Waals surface area contributed by atoms with Gasteiger partial charge in [0, 0.05) is 10.7 Å². The third-order valence-corrected chi connectivity index (χ3v) is 3.76. The zero-order valence-corrected chi connectivity index (χ0v) is 15.3. The lowest BCUT2D eigenvalue weighted by molar-refractivity contribution is -0.146. The lowest BCUT2D eigenvalue weighted by Gasteiger charge is -2.08. The van der Waals surface area contributed by atoms with E-state index in [0.29, 0.717) is 16.3 Å². The van der Waals surface area contributed by atoms with Gasteiger partial charge in [-0.15, -0.1) is 0 Å². The van der Waals surface area contributed by atoms with Crippen LogP contribution in [-0.2, 0) is 14.3 Å². The highest BCUT2D eigenvalue weighted by Gasteiger charge is 2.13. The Hall–Kier alpha value is -3.08. The van der Waals surface area contributed by atoms with Crippen LogP contribution in [0.3, 0.4) is 0 Å². The molecule has 0 aliphatic rings. The summed E-state index contributed by atoms with van der Waals surface area (Å²) in [6.45, 7) is -0.970. The molecule has 0 aliphatic carbocycles. The van der Waals surface area contributed by atoms with Crippen LogP contribution in [0.15, 0.2) is 42.5 Å².